The van der Waals surface area contributed by atoms with E-state index in [4.69, 9.17) is 15.2 Å². The van der Waals surface area contributed by atoms with E-state index in [9.17, 15) is 0 Å². The average Bonchev–Trinajstić information content (AvgIpc) is 2.70. The minimum Gasteiger partial charge on any atom is -0.379 e. The van der Waals surface area contributed by atoms with E-state index in [0.29, 0.717) is 23.7 Å². The normalized spacial score (nSPS) is 41.1. The zero-order valence-electron chi connectivity index (χ0n) is 10.7. The fourth-order valence-corrected chi connectivity index (χ4v) is 3.90. The van der Waals surface area contributed by atoms with Crippen LogP contribution < -0.4 is 5.73 Å². The molecule has 3 unspecified atom stereocenters. The Kier molecular flexibility index (Phi) is 3.42. The molecule has 3 heteroatoms. The molecular formula is C14H25NO2. The van der Waals surface area contributed by atoms with Crippen molar-refractivity contribution in [3.8, 4) is 0 Å². The Labute approximate surface area is 104 Å². The molecule has 98 valence electrons. The van der Waals surface area contributed by atoms with Crippen molar-refractivity contribution in [2.75, 3.05) is 13.2 Å². The van der Waals surface area contributed by atoms with Crippen molar-refractivity contribution in [3.05, 3.63) is 0 Å². The van der Waals surface area contributed by atoms with Crippen LogP contribution in [0.25, 0.3) is 0 Å². The number of rotatable bonds is 2. The minimum absolute atomic E-state index is 0.319. The molecule has 2 saturated carbocycles. The molecule has 0 amide bonds. The lowest BCUT2D eigenvalue weighted by Crippen LogP contribution is -2.62. The van der Waals surface area contributed by atoms with Crippen LogP contribution in [0, 0.1) is 5.41 Å². The van der Waals surface area contributed by atoms with Crippen LogP contribution in [-0.2, 0) is 9.47 Å². The summed E-state index contributed by atoms with van der Waals surface area (Å²) in [6, 6.07) is 0.382. The Morgan fingerprint density at radius 1 is 1.12 bits per heavy atom. The van der Waals surface area contributed by atoms with Crippen LogP contribution in [0.15, 0.2) is 0 Å². The van der Waals surface area contributed by atoms with Crippen molar-refractivity contribution in [2.24, 2.45) is 11.1 Å². The Balaban J connectivity index is 1.63. The monoisotopic (exact) mass is 239 g/mol. The summed E-state index contributed by atoms with van der Waals surface area (Å²) in [5.74, 6) is 0. The third kappa shape index (κ3) is 2.13. The molecule has 1 saturated heterocycles. The summed E-state index contributed by atoms with van der Waals surface area (Å²) in [5.41, 5.74) is 6.63. The van der Waals surface area contributed by atoms with Crippen molar-refractivity contribution >= 4 is 0 Å². The maximum Gasteiger partial charge on any atom is 0.0834 e. The lowest BCUT2D eigenvalue weighted by atomic mass is 9.58. The summed E-state index contributed by atoms with van der Waals surface area (Å²) in [7, 11) is 0. The number of nitrogens with two attached hydrogens (primary N) is 1. The Bertz CT molecular complexity index is 255. The smallest absolute Gasteiger partial charge is 0.0834 e. The van der Waals surface area contributed by atoms with E-state index >= 15 is 0 Å². The molecule has 1 aliphatic heterocycles. The number of ether oxygens (including phenoxy) is 2. The average molecular weight is 239 g/mol. The first kappa shape index (κ1) is 11.9. The van der Waals surface area contributed by atoms with E-state index in [0.717, 1.165) is 26.1 Å². The third-order valence-corrected chi connectivity index (χ3v) is 5.13. The maximum atomic E-state index is 6.31. The Hall–Kier alpha value is -0.120. The molecule has 3 fully saturated rings. The van der Waals surface area contributed by atoms with Crippen LogP contribution in [0.3, 0.4) is 0 Å². The maximum absolute atomic E-state index is 6.31. The fourth-order valence-electron chi connectivity index (χ4n) is 3.90. The zero-order chi connectivity index (χ0) is 11.7. The van der Waals surface area contributed by atoms with E-state index in [2.05, 4.69) is 0 Å². The Morgan fingerprint density at radius 3 is 2.47 bits per heavy atom. The van der Waals surface area contributed by atoms with E-state index in [1.807, 2.05) is 0 Å². The number of hydrogen-bond donors (Lipinski definition) is 1. The van der Waals surface area contributed by atoms with Crippen LogP contribution >= 0.6 is 0 Å². The van der Waals surface area contributed by atoms with Crippen molar-refractivity contribution in [1.82, 2.24) is 0 Å². The summed E-state index contributed by atoms with van der Waals surface area (Å²) >= 11 is 0. The topological polar surface area (TPSA) is 44.5 Å². The van der Waals surface area contributed by atoms with Gasteiger partial charge in [-0.05, 0) is 25.7 Å². The first-order valence-electron chi connectivity index (χ1n) is 7.30. The summed E-state index contributed by atoms with van der Waals surface area (Å²) in [6.07, 6.45) is 10.9. The van der Waals surface area contributed by atoms with Gasteiger partial charge in [0.05, 0.1) is 18.8 Å². The summed E-state index contributed by atoms with van der Waals surface area (Å²) in [4.78, 5) is 0. The molecule has 0 radical (unpaired) electrons. The molecule has 3 rings (SSSR count). The highest BCUT2D eigenvalue weighted by atomic mass is 16.6. The van der Waals surface area contributed by atoms with Gasteiger partial charge in [-0.1, -0.05) is 25.7 Å². The second-order valence-corrected chi connectivity index (χ2v) is 6.10. The lowest BCUT2D eigenvalue weighted by molar-refractivity contribution is -0.160. The molecule has 2 N–H and O–H groups in total. The first-order valence-corrected chi connectivity index (χ1v) is 7.30. The van der Waals surface area contributed by atoms with Gasteiger partial charge in [0.15, 0.2) is 0 Å². The van der Waals surface area contributed by atoms with E-state index in [-0.39, 0.29) is 0 Å². The molecule has 1 spiro atoms. The van der Waals surface area contributed by atoms with Gasteiger partial charge in [0.2, 0.25) is 0 Å². The van der Waals surface area contributed by atoms with Crippen molar-refractivity contribution in [3.63, 3.8) is 0 Å². The van der Waals surface area contributed by atoms with Gasteiger partial charge in [-0.25, -0.2) is 0 Å². The molecule has 3 nitrogen and oxygen atoms in total. The molecule has 2 aliphatic carbocycles. The largest absolute Gasteiger partial charge is 0.379 e. The first-order chi connectivity index (χ1) is 8.31. The highest BCUT2D eigenvalue weighted by Crippen LogP contribution is 2.52. The van der Waals surface area contributed by atoms with Gasteiger partial charge in [0.25, 0.3) is 0 Å². The second kappa shape index (κ2) is 4.87. The Morgan fingerprint density at radius 2 is 1.88 bits per heavy atom. The van der Waals surface area contributed by atoms with Crippen LogP contribution in [0.5, 0.6) is 0 Å². The third-order valence-electron chi connectivity index (χ3n) is 5.13. The molecule has 0 aromatic rings. The van der Waals surface area contributed by atoms with E-state index in [1.54, 1.807) is 0 Å². The SMILES string of the molecule is NC1CC(OC2CCOC2)C12CCCCCC2. The lowest BCUT2D eigenvalue weighted by Gasteiger charge is -2.55. The molecular weight excluding hydrogens is 214 g/mol. The summed E-state index contributed by atoms with van der Waals surface area (Å²) < 4.78 is 11.7. The highest BCUT2D eigenvalue weighted by Gasteiger charge is 2.54. The number of hydrogen-bond acceptors (Lipinski definition) is 3. The van der Waals surface area contributed by atoms with Gasteiger partial charge in [-0.3, -0.25) is 0 Å². The van der Waals surface area contributed by atoms with Crippen molar-refractivity contribution in [1.29, 1.82) is 0 Å². The summed E-state index contributed by atoms with van der Waals surface area (Å²) in [6.45, 7) is 1.66. The van der Waals surface area contributed by atoms with Crippen molar-refractivity contribution in [2.45, 2.75) is 69.6 Å². The van der Waals surface area contributed by atoms with Crippen LogP contribution in [0.1, 0.15) is 51.4 Å². The van der Waals surface area contributed by atoms with Gasteiger partial charge in [0, 0.05) is 18.1 Å². The molecule has 17 heavy (non-hydrogen) atoms. The fraction of sp³-hybridized carbons (Fsp3) is 1.00. The molecule has 3 aliphatic rings. The minimum atomic E-state index is 0.319. The summed E-state index contributed by atoms with van der Waals surface area (Å²) in [5, 5.41) is 0. The van der Waals surface area contributed by atoms with Crippen molar-refractivity contribution < 1.29 is 9.47 Å². The van der Waals surface area contributed by atoms with Gasteiger partial charge in [-0.2, -0.15) is 0 Å². The van der Waals surface area contributed by atoms with E-state index in [1.165, 1.54) is 38.5 Å². The molecule has 1 heterocycles. The quantitative estimate of drug-likeness (QED) is 0.803. The predicted octanol–water partition coefficient (Wildman–Crippen LogP) is 2.23. The molecule has 3 atom stereocenters. The zero-order valence-corrected chi connectivity index (χ0v) is 10.7. The standard InChI is InChI=1S/C14H25NO2/c15-12-9-13(17-11-5-8-16-10-11)14(12)6-3-1-2-4-7-14/h11-13H,1-10,15H2. The van der Waals surface area contributed by atoms with Gasteiger partial charge in [0.1, 0.15) is 0 Å². The molecule has 0 aromatic heterocycles. The van der Waals surface area contributed by atoms with Gasteiger partial charge >= 0.3 is 0 Å². The van der Waals surface area contributed by atoms with Crippen LogP contribution in [0.4, 0.5) is 0 Å². The van der Waals surface area contributed by atoms with Gasteiger partial charge < -0.3 is 15.2 Å². The second-order valence-electron chi connectivity index (χ2n) is 6.10. The van der Waals surface area contributed by atoms with E-state index < -0.39 is 0 Å². The highest BCUT2D eigenvalue weighted by molar-refractivity contribution is 5.07. The predicted molar refractivity (Wildman–Crippen MR) is 66.8 cm³/mol. The van der Waals surface area contributed by atoms with Gasteiger partial charge in [-0.15, -0.1) is 0 Å². The van der Waals surface area contributed by atoms with Crippen LogP contribution in [-0.4, -0.2) is 31.5 Å². The molecule has 0 aromatic carbocycles. The van der Waals surface area contributed by atoms with Crippen LogP contribution in [0.2, 0.25) is 0 Å². The molecule has 0 bridgehead atoms.